The largest absolute Gasteiger partial charge is 0.369 e. The monoisotopic (exact) mass is 247 g/mol. The van der Waals surface area contributed by atoms with Crippen molar-refractivity contribution in [2.75, 3.05) is 23.3 Å². The summed E-state index contributed by atoms with van der Waals surface area (Å²) < 4.78 is 0. The van der Waals surface area contributed by atoms with Crippen molar-refractivity contribution in [2.24, 2.45) is 5.73 Å². The molecule has 1 atom stereocenters. The molecule has 2 aliphatic rings. The second-order valence-electron chi connectivity index (χ2n) is 5.42. The van der Waals surface area contributed by atoms with Crippen LogP contribution in [0, 0.1) is 0 Å². The molecule has 18 heavy (non-hydrogen) atoms. The highest BCUT2D eigenvalue weighted by molar-refractivity contribution is 5.53. The molecule has 1 aromatic rings. The first kappa shape index (κ1) is 11.7. The van der Waals surface area contributed by atoms with E-state index in [-0.39, 0.29) is 0 Å². The summed E-state index contributed by atoms with van der Waals surface area (Å²) in [5, 5.41) is 11.8. The molecule has 0 radical (unpaired) electrons. The van der Waals surface area contributed by atoms with Crippen LogP contribution < -0.4 is 16.0 Å². The first-order valence-electron chi connectivity index (χ1n) is 6.91. The van der Waals surface area contributed by atoms with Crippen molar-refractivity contribution in [1.29, 1.82) is 0 Å². The summed E-state index contributed by atoms with van der Waals surface area (Å²) in [6, 6.07) is 2.98. The van der Waals surface area contributed by atoms with Crippen LogP contribution in [0.5, 0.6) is 0 Å². The number of nitrogens with two attached hydrogens (primary N) is 1. The normalized spacial score (nSPS) is 24.7. The van der Waals surface area contributed by atoms with Crippen LogP contribution in [-0.4, -0.2) is 35.4 Å². The number of nitrogens with zero attached hydrogens (tertiary/aromatic N) is 3. The summed E-state index contributed by atoms with van der Waals surface area (Å²) in [4.78, 5) is 2.29. The molecule has 1 saturated carbocycles. The first-order valence-corrected chi connectivity index (χ1v) is 6.91. The van der Waals surface area contributed by atoms with Gasteiger partial charge >= 0.3 is 0 Å². The SMILES string of the molecule is NC1CCN(c2cnnc(NC3CCCC3)c2)C1. The van der Waals surface area contributed by atoms with Gasteiger partial charge in [-0.3, -0.25) is 0 Å². The summed E-state index contributed by atoms with van der Waals surface area (Å²) >= 11 is 0. The van der Waals surface area contributed by atoms with Gasteiger partial charge in [-0.2, -0.15) is 5.10 Å². The van der Waals surface area contributed by atoms with Gasteiger partial charge in [0.25, 0.3) is 0 Å². The molecule has 2 heterocycles. The Bertz CT molecular complexity index is 402. The molecule has 2 fully saturated rings. The lowest BCUT2D eigenvalue weighted by Crippen LogP contribution is -2.26. The molecule has 0 bridgehead atoms. The van der Waals surface area contributed by atoms with Crippen LogP contribution in [0.4, 0.5) is 11.5 Å². The van der Waals surface area contributed by atoms with E-state index < -0.39 is 0 Å². The summed E-state index contributed by atoms with van der Waals surface area (Å²) in [6.07, 6.45) is 8.05. The number of nitrogens with one attached hydrogen (secondary N) is 1. The maximum Gasteiger partial charge on any atom is 0.150 e. The third-order valence-electron chi connectivity index (χ3n) is 3.94. The molecule has 1 aromatic heterocycles. The summed E-state index contributed by atoms with van der Waals surface area (Å²) in [6.45, 7) is 1.95. The smallest absolute Gasteiger partial charge is 0.150 e. The average Bonchev–Trinajstić information content (AvgIpc) is 3.01. The Hall–Kier alpha value is -1.36. The standard InChI is InChI=1S/C13H21N5/c14-10-5-6-18(9-10)12-7-13(17-15-8-12)16-11-3-1-2-4-11/h7-8,10-11H,1-6,9,14H2,(H,16,17). The highest BCUT2D eigenvalue weighted by Crippen LogP contribution is 2.24. The van der Waals surface area contributed by atoms with E-state index in [2.05, 4.69) is 26.5 Å². The average molecular weight is 247 g/mol. The fraction of sp³-hybridized carbons (Fsp3) is 0.692. The molecule has 0 aromatic carbocycles. The number of hydrogen-bond acceptors (Lipinski definition) is 5. The molecule has 1 saturated heterocycles. The number of aromatic nitrogens is 2. The molecule has 0 spiro atoms. The number of hydrogen-bond donors (Lipinski definition) is 2. The van der Waals surface area contributed by atoms with Gasteiger partial charge in [0.05, 0.1) is 11.9 Å². The number of rotatable bonds is 3. The van der Waals surface area contributed by atoms with Crippen molar-refractivity contribution in [3.63, 3.8) is 0 Å². The van der Waals surface area contributed by atoms with E-state index in [9.17, 15) is 0 Å². The van der Waals surface area contributed by atoms with E-state index >= 15 is 0 Å². The van der Waals surface area contributed by atoms with Crippen LogP contribution in [0.3, 0.4) is 0 Å². The zero-order valence-electron chi connectivity index (χ0n) is 10.7. The summed E-state index contributed by atoms with van der Waals surface area (Å²) in [5.74, 6) is 0.903. The zero-order valence-corrected chi connectivity index (χ0v) is 10.7. The van der Waals surface area contributed by atoms with Crippen molar-refractivity contribution in [1.82, 2.24) is 10.2 Å². The van der Waals surface area contributed by atoms with Crippen LogP contribution in [-0.2, 0) is 0 Å². The fourth-order valence-corrected chi connectivity index (χ4v) is 2.90. The van der Waals surface area contributed by atoms with Gasteiger partial charge in [0.2, 0.25) is 0 Å². The molecule has 3 N–H and O–H groups in total. The van der Waals surface area contributed by atoms with Crippen LogP contribution in [0.1, 0.15) is 32.1 Å². The molecule has 3 rings (SSSR count). The Morgan fingerprint density at radius 1 is 1.28 bits per heavy atom. The van der Waals surface area contributed by atoms with Gasteiger partial charge in [0.1, 0.15) is 0 Å². The van der Waals surface area contributed by atoms with Crippen LogP contribution in [0.2, 0.25) is 0 Å². The minimum atomic E-state index is 0.296. The first-order chi connectivity index (χ1) is 8.81. The maximum atomic E-state index is 5.94. The Balaban J connectivity index is 1.68. The second kappa shape index (κ2) is 5.10. The van der Waals surface area contributed by atoms with Gasteiger partial charge < -0.3 is 16.0 Å². The highest BCUT2D eigenvalue weighted by Gasteiger charge is 2.20. The molecule has 5 heteroatoms. The van der Waals surface area contributed by atoms with E-state index in [0.29, 0.717) is 12.1 Å². The summed E-state index contributed by atoms with van der Waals surface area (Å²) in [7, 11) is 0. The molecule has 1 aliphatic carbocycles. The molecule has 1 aliphatic heterocycles. The van der Waals surface area contributed by atoms with Crippen LogP contribution in [0.25, 0.3) is 0 Å². The Morgan fingerprint density at radius 3 is 2.83 bits per heavy atom. The predicted octanol–water partition coefficient (Wildman–Crippen LogP) is 1.37. The Kier molecular flexibility index (Phi) is 3.32. The Morgan fingerprint density at radius 2 is 2.11 bits per heavy atom. The third-order valence-corrected chi connectivity index (χ3v) is 3.94. The summed E-state index contributed by atoms with van der Waals surface area (Å²) in [5.41, 5.74) is 7.08. The lowest BCUT2D eigenvalue weighted by atomic mass is 10.2. The fourth-order valence-electron chi connectivity index (χ4n) is 2.90. The van der Waals surface area contributed by atoms with Gasteiger partial charge in [-0.05, 0) is 19.3 Å². The lowest BCUT2D eigenvalue weighted by molar-refractivity contribution is 0.744. The van der Waals surface area contributed by atoms with E-state index in [0.717, 1.165) is 31.0 Å². The van der Waals surface area contributed by atoms with Crippen molar-refractivity contribution in [3.8, 4) is 0 Å². The van der Waals surface area contributed by atoms with Crippen molar-refractivity contribution >= 4 is 11.5 Å². The van der Waals surface area contributed by atoms with Gasteiger partial charge in [-0.25, -0.2) is 0 Å². The van der Waals surface area contributed by atoms with E-state index in [1.54, 1.807) is 0 Å². The van der Waals surface area contributed by atoms with Gasteiger partial charge in [-0.15, -0.1) is 5.10 Å². The van der Waals surface area contributed by atoms with Crippen molar-refractivity contribution in [2.45, 2.75) is 44.2 Å². The topological polar surface area (TPSA) is 67.1 Å². The highest BCUT2D eigenvalue weighted by atomic mass is 15.2. The zero-order chi connectivity index (χ0) is 12.4. The van der Waals surface area contributed by atoms with E-state index in [1.807, 2.05) is 6.20 Å². The third kappa shape index (κ3) is 2.56. The predicted molar refractivity (Wildman–Crippen MR) is 72.7 cm³/mol. The molecule has 98 valence electrons. The molecular formula is C13H21N5. The van der Waals surface area contributed by atoms with Crippen LogP contribution in [0.15, 0.2) is 12.3 Å². The van der Waals surface area contributed by atoms with Crippen LogP contribution >= 0.6 is 0 Å². The van der Waals surface area contributed by atoms with Gasteiger partial charge in [0, 0.05) is 31.2 Å². The lowest BCUT2D eigenvalue weighted by Gasteiger charge is -2.19. The van der Waals surface area contributed by atoms with Gasteiger partial charge in [0.15, 0.2) is 5.82 Å². The quantitative estimate of drug-likeness (QED) is 0.844. The van der Waals surface area contributed by atoms with Gasteiger partial charge in [-0.1, -0.05) is 12.8 Å². The molecule has 0 amide bonds. The maximum absolute atomic E-state index is 5.94. The van der Waals surface area contributed by atoms with E-state index in [4.69, 9.17) is 5.73 Å². The molecule has 1 unspecified atom stereocenters. The molecular weight excluding hydrogens is 226 g/mol. The minimum absolute atomic E-state index is 0.296. The second-order valence-corrected chi connectivity index (χ2v) is 5.42. The van der Waals surface area contributed by atoms with E-state index in [1.165, 1.54) is 25.7 Å². The number of anilines is 2. The Labute approximate surface area is 108 Å². The molecule has 5 nitrogen and oxygen atoms in total. The minimum Gasteiger partial charge on any atom is -0.369 e. The van der Waals surface area contributed by atoms with Crippen molar-refractivity contribution in [3.05, 3.63) is 12.3 Å². The van der Waals surface area contributed by atoms with Crippen molar-refractivity contribution < 1.29 is 0 Å².